The molecular formula is C52H37N3O2. The number of nitrogens with zero attached hydrogens (tertiary/aromatic N) is 3. The lowest BCUT2D eigenvalue weighted by Gasteiger charge is -2.30. The van der Waals surface area contributed by atoms with E-state index >= 15 is 0 Å². The first-order valence-corrected chi connectivity index (χ1v) is 19.4. The molecule has 0 unspecified atom stereocenters. The molecule has 1 aliphatic carbocycles. The Morgan fingerprint density at radius 2 is 1.09 bits per heavy atom. The number of benzene rings is 8. The maximum atomic E-state index is 6.85. The Balaban J connectivity index is 1.19. The van der Waals surface area contributed by atoms with Gasteiger partial charge in [-0.25, -0.2) is 4.98 Å². The van der Waals surface area contributed by atoms with E-state index in [9.17, 15) is 0 Å². The zero-order valence-electron chi connectivity index (χ0n) is 31.6. The van der Waals surface area contributed by atoms with Gasteiger partial charge < -0.3 is 18.6 Å². The van der Waals surface area contributed by atoms with Crippen LogP contribution in [0.15, 0.2) is 197 Å². The molecule has 8 aromatic carbocycles. The number of anilines is 6. The van der Waals surface area contributed by atoms with Crippen LogP contribution in [-0.2, 0) is 5.41 Å². The van der Waals surface area contributed by atoms with Crippen molar-refractivity contribution in [3.8, 4) is 22.6 Å². The van der Waals surface area contributed by atoms with E-state index in [2.05, 4.69) is 163 Å². The Morgan fingerprint density at radius 1 is 0.439 bits per heavy atom. The van der Waals surface area contributed by atoms with Gasteiger partial charge in [0.2, 0.25) is 5.89 Å². The summed E-state index contributed by atoms with van der Waals surface area (Å²) in [6.07, 6.45) is 0. The van der Waals surface area contributed by atoms with Crippen LogP contribution in [0.2, 0.25) is 0 Å². The number of hydrogen-bond acceptors (Lipinski definition) is 5. The Hall–Kier alpha value is -7.37. The van der Waals surface area contributed by atoms with Crippen LogP contribution in [0.4, 0.5) is 34.1 Å². The average Bonchev–Trinajstić information content (AvgIpc) is 3.93. The largest absolute Gasteiger partial charge is 0.454 e. The predicted molar refractivity (Wildman–Crippen MR) is 234 cm³/mol. The smallest absolute Gasteiger partial charge is 0.227 e. The highest BCUT2D eigenvalue weighted by Gasteiger charge is 2.36. The zero-order chi connectivity index (χ0) is 38.1. The topological polar surface area (TPSA) is 45.7 Å². The Labute approximate surface area is 330 Å². The van der Waals surface area contributed by atoms with Crippen LogP contribution in [0.1, 0.15) is 25.0 Å². The van der Waals surface area contributed by atoms with Crippen molar-refractivity contribution in [2.24, 2.45) is 0 Å². The van der Waals surface area contributed by atoms with E-state index < -0.39 is 0 Å². The van der Waals surface area contributed by atoms with Gasteiger partial charge >= 0.3 is 0 Å². The summed E-state index contributed by atoms with van der Waals surface area (Å²) in [5.74, 6) is 0.558. The molecule has 0 saturated heterocycles. The number of para-hydroxylation sites is 4. The van der Waals surface area contributed by atoms with Crippen LogP contribution in [0, 0.1) is 0 Å². The molecule has 1 aliphatic rings. The first-order valence-electron chi connectivity index (χ1n) is 19.4. The number of oxazole rings is 1. The van der Waals surface area contributed by atoms with Gasteiger partial charge in [-0.1, -0.05) is 129 Å². The summed E-state index contributed by atoms with van der Waals surface area (Å²) in [4.78, 5) is 9.79. The van der Waals surface area contributed by atoms with Crippen LogP contribution in [0.25, 0.3) is 55.6 Å². The molecule has 0 radical (unpaired) electrons. The van der Waals surface area contributed by atoms with E-state index in [1.54, 1.807) is 0 Å². The zero-order valence-corrected chi connectivity index (χ0v) is 31.6. The summed E-state index contributed by atoms with van der Waals surface area (Å²) in [7, 11) is 0. The van der Waals surface area contributed by atoms with E-state index in [0.29, 0.717) is 11.5 Å². The first-order chi connectivity index (χ1) is 28.0. The van der Waals surface area contributed by atoms with E-state index in [0.717, 1.165) is 67.1 Å². The van der Waals surface area contributed by atoms with E-state index in [1.807, 2.05) is 48.5 Å². The highest BCUT2D eigenvalue weighted by atomic mass is 16.4. The predicted octanol–water partition coefficient (Wildman–Crippen LogP) is 14.6. The van der Waals surface area contributed by atoms with Crippen molar-refractivity contribution in [3.63, 3.8) is 0 Å². The molecule has 0 atom stereocenters. The second-order valence-corrected chi connectivity index (χ2v) is 15.2. The molecule has 0 aliphatic heterocycles. The van der Waals surface area contributed by atoms with Crippen molar-refractivity contribution in [2.75, 3.05) is 9.80 Å². The molecule has 11 rings (SSSR count). The molecule has 57 heavy (non-hydrogen) atoms. The van der Waals surface area contributed by atoms with Gasteiger partial charge in [-0.05, 0) is 95.1 Å². The number of fused-ring (bicyclic) bond motifs is 7. The third kappa shape index (κ3) is 5.27. The van der Waals surface area contributed by atoms with Gasteiger partial charge in [0.25, 0.3) is 0 Å². The van der Waals surface area contributed by atoms with Crippen LogP contribution in [-0.4, -0.2) is 4.98 Å². The molecule has 0 bridgehead atoms. The normalized spacial score (nSPS) is 12.9. The minimum Gasteiger partial charge on any atom is -0.454 e. The lowest BCUT2D eigenvalue weighted by atomic mass is 9.82. The minimum absolute atomic E-state index is 0.161. The molecule has 2 aromatic heterocycles. The first kappa shape index (κ1) is 33.0. The van der Waals surface area contributed by atoms with Gasteiger partial charge in [0.1, 0.15) is 11.1 Å². The van der Waals surface area contributed by atoms with Crippen molar-refractivity contribution in [1.82, 2.24) is 4.98 Å². The highest BCUT2D eigenvalue weighted by molar-refractivity contribution is 6.11. The minimum atomic E-state index is -0.161. The standard InChI is InChI=1S/C52H37N3O2/c1-52(2)43-26-14-12-23-39(43)40-30-29-37(31-44(40)52)54(35-19-8-4-9-20-35)38-32-45-50(57-51(53-45)34-17-6-3-7-18-34)47(33-38)55(36-21-10-5-11-22-36)46-27-16-25-42-41-24-13-15-28-48(41)56-49(42)46/h3-33H,1-2H3. The summed E-state index contributed by atoms with van der Waals surface area (Å²) in [5, 5.41) is 2.12. The summed E-state index contributed by atoms with van der Waals surface area (Å²) in [6.45, 7) is 4.66. The third-order valence-corrected chi connectivity index (χ3v) is 11.5. The fourth-order valence-electron chi connectivity index (χ4n) is 8.75. The molecule has 5 heteroatoms. The molecule has 272 valence electrons. The highest BCUT2D eigenvalue weighted by Crippen LogP contribution is 2.52. The van der Waals surface area contributed by atoms with Crippen LogP contribution in [0.5, 0.6) is 0 Å². The molecule has 0 N–H and O–H groups in total. The number of hydrogen-bond donors (Lipinski definition) is 0. The second kappa shape index (κ2) is 12.9. The lowest BCUT2D eigenvalue weighted by molar-refractivity contribution is 0.620. The van der Waals surface area contributed by atoms with Gasteiger partial charge in [-0.15, -0.1) is 0 Å². The van der Waals surface area contributed by atoms with Crippen molar-refractivity contribution >= 4 is 67.2 Å². The quantitative estimate of drug-likeness (QED) is 0.163. The van der Waals surface area contributed by atoms with E-state index in [1.165, 1.54) is 22.3 Å². The monoisotopic (exact) mass is 735 g/mol. The van der Waals surface area contributed by atoms with Crippen molar-refractivity contribution in [2.45, 2.75) is 19.3 Å². The van der Waals surface area contributed by atoms with Crippen molar-refractivity contribution < 1.29 is 8.83 Å². The number of aromatic nitrogens is 1. The molecule has 2 heterocycles. The van der Waals surface area contributed by atoms with Gasteiger partial charge in [0, 0.05) is 38.8 Å². The Kier molecular flexibility index (Phi) is 7.45. The van der Waals surface area contributed by atoms with E-state index in [4.69, 9.17) is 13.8 Å². The molecular weight excluding hydrogens is 699 g/mol. The molecule has 0 fully saturated rings. The van der Waals surface area contributed by atoms with Crippen LogP contribution >= 0.6 is 0 Å². The molecule has 0 amide bonds. The van der Waals surface area contributed by atoms with Gasteiger partial charge in [0.05, 0.1) is 17.1 Å². The molecule has 5 nitrogen and oxygen atoms in total. The number of furan rings is 1. The van der Waals surface area contributed by atoms with Crippen molar-refractivity contribution in [3.05, 3.63) is 199 Å². The van der Waals surface area contributed by atoms with E-state index in [-0.39, 0.29) is 5.41 Å². The average molecular weight is 736 g/mol. The maximum Gasteiger partial charge on any atom is 0.227 e. The summed E-state index contributed by atoms with van der Waals surface area (Å²) in [5.41, 5.74) is 14.8. The maximum absolute atomic E-state index is 6.85. The van der Waals surface area contributed by atoms with Crippen LogP contribution in [0.3, 0.4) is 0 Å². The van der Waals surface area contributed by atoms with Gasteiger partial charge in [-0.3, -0.25) is 0 Å². The second-order valence-electron chi connectivity index (χ2n) is 15.2. The SMILES string of the molecule is CC1(C)c2ccccc2-c2ccc(N(c3ccccc3)c3cc(N(c4ccccc4)c4cccc5c4oc4ccccc45)c4oc(-c5ccccc5)nc4c3)cc21. The van der Waals surface area contributed by atoms with Gasteiger partial charge in [0.15, 0.2) is 11.2 Å². The van der Waals surface area contributed by atoms with Gasteiger partial charge in [-0.2, -0.15) is 0 Å². The fraction of sp³-hybridized carbons (Fsp3) is 0.0577. The summed E-state index contributed by atoms with van der Waals surface area (Å²) < 4.78 is 13.5. The molecule has 0 saturated carbocycles. The van der Waals surface area contributed by atoms with Crippen LogP contribution < -0.4 is 9.80 Å². The third-order valence-electron chi connectivity index (χ3n) is 11.5. The fourth-order valence-corrected chi connectivity index (χ4v) is 8.75. The summed E-state index contributed by atoms with van der Waals surface area (Å²) in [6, 6.07) is 65.8. The Morgan fingerprint density at radius 3 is 1.88 bits per heavy atom. The molecule has 0 spiro atoms. The Bertz CT molecular complexity index is 3110. The molecule has 10 aromatic rings. The summed E-state index contributed by atoms with van der Waals surface area (Å²) >= 11 is 0. The lowest BCUT2D eigenvalue weighted by Crippen LogP contribution is -2.17. The van der Waals surface area contributed by atoms with Crippen molar-refractivity contribution in [1.29, 1.82) is 0 Å². The number of rotatable bonds is 7.